The molecule has 0 saturated carbocycles. The molecule has 0 radical (unpaired) electrons. The van der Waals surface area contributed by atoms with Crippen molar-refractivity contribution in [2.24, 2.45) is 5.41 Å². The molecule has 0 fully saturated rings. The van der Waals surface area contributed by atoms with Crippen molar-refractivity contribution in [1.82, 2.24) is 0 Å². The zero-order valence-corrected chi connectivity index (χ0v) is 28.1. The van der Waals surface area contributed by atoms with Crippen LogP contribution in [0.3, 0.4) is 0 Å². The fourth-order valence-electron chi connectivity index (χ4n) is 6.09. The Bertz CT molecular complexity index is 1020. The summed E-state index contributed by atoms with van der Waals surface area (Å²) in [5.74, 6) is 1.54. The first-order valence-electron chi connectivity index (χ1n) is 11.9. The van der Waals surface area contributed by atoms with Crippen molar-refractivity contribution in [3.8, 4) is 0 Å². The van der Waals surface area contributed by atoms with E-state index in [0.29, 0.717) is 5.41 Å². The molecule has 0 spiro atoms. The SMILES string of the molecule is CC(C)(C)C1=C(c2ccccc2)[P+]1(C[Si](C)(C)C)C([Si](C)(C)C)[Si](C)(C)C.O=S(=O)([O-])C(F)(F)F. The zero-order chi connectivity index (χ0) is 28.1. The van der Waals surface area contributed by atoms with Crippen LogP contribution in [-0.2, 0) is 10.1 Å². The van der Waals surface area contributed by atoms with E-state index in [1.54, 1.807) is 5.56 Å². The van der Waals surface area contributed by atoms with E-state index in [1.165, 1.54) is 5.79 Å². The summed E-state index contributed by atoms with van der Waals surface area (Å²) >= 11 is 0. The summed E-state index contributed by atoms with van der Waals surface area (Å²) < 4.78 is 58.9. The Hall–Kier alpha value is -0.259. The first-order chi connectivity index (χ1) is 15.2. The number of hydrogen-bond donors (Lipinski definition) is 0. The minimum Gasteiger partial charge on any atom is -0.741 e. The van der Waals surface area contributed by atoms with E-state index in [1.807, 2.05) is 10.6 Å². The van der Waals surface area contributed by atoms with Gasteiger partial charge in [0.2, 0.25) is 0 Å². The lowest BCUT2D eigenvalue weighted by Gasteiger charge is -2.43. The molecule has 1 aromatic carbocycles. The molecule has 1 unspecified atom stereocenters. The van der Waals surface area contributed by atoms with Crippen LogP contribution in [0.4, 0.5) is 13.2 Å². The van der Waals surface area contributed by atoms with Crippen LogP contribution in [0, 0.1) is 5.41 Å². The van der Waals surface area contributed by atoms with Crippen molar-refractivity contribution in [3.63, 3.8) is 0 Å². The summed E-state index contributed by atoms with van der Waals surface area (Å²) in [5, 5.41) is 3.77. The minimum atomic E-state index is -6.09. The van der Waals surface area contributed by atoms with E-state index in [4.69, 9.17) is 13.0 Å². The Kier molecular flexibility index (Phi) is 9.49. The average molecular weight is 585 g/mol. The van der Waals surface area contributed by atoms with E-state index >= 15 is 0 Å². The van der Waals surface area contributed by atoms with Crippen LogP contribution in [0.5, 0.6) is 0 Å². The Morgan fingerprint density at radius 3 is 1.49 bits per heavy atom. The van der Waals surface area contributed by atoms with E-state index in [0.717, 1.165) is 4.91 Å². The molecule has 0 N–H and O–H groups in total. The second-order valence-electron chi connectivity index (χ2n) is 13.9. The van der Waals surface area contributed by atoms with Crippen LogP contribution in [0.15, 0.2) is 35.6 Å². The van der Waals surface area contributed by atoms with Crippen molar-refractivity contribution in [3.05, 3.63) is 41.2 Å². The van der Waals surface area contributed by atoms with Gasteiger partial charge in [-0.15, -0.1) is 0 Å². The van der Waals surface area contributed by atoms with Gasteiger partial charge >= 0.3 is 5.51 Å². The lowest BCUT2D eigenvalue weighted by Crippen LogP contribution is -2.55. The van der Waals surface area contributed by atoms with Crippen molar-refractivity contribution in [1.29, 1.82) is 0 Å². The summed E-state index contributed by atoms with van der Waals surface area (Å²) in [7, 11) is -11.1. The molecule has 1 aliphatic heterocycles. The monoisotopic (exact) mass is 584 g/mol. The molecular weight excluding hydrogens is 541 g/mol. The maximum absolute atomic E-state index is 10.7. The van der Waals surface area contributed by atoms with Crippen LogP contribution in [0.25, 0.3) is 5.31 Å². The third kappa shape index (κ3) is 8.11. The van der Waals surface area contributed by atoms with Gasteiger partial charge in [0.25, 0.3) is 0 Å². The smallest absolute Gasteiger partial charge is 0.485 e. The zero-order valence-electron chi connectivity index (χ0n) is 23.4. The number of halogens is 3. The van der Waals surface area contributed by atoms with Crippen molar-refractivity contribution >= 4 is 46.9 Å². The van der Waals surface area contributed by atoms with Crippen LogP contribution < -0.4 is 0 Å². The molecule has 0 amide bonds. The van der Waals surface area contributed by atoms with Crippen LogP contribution in [0.2, 0.25) is 58.9 Å². The molecule has 1 atom stereocenters. The second kappa shape index (κ2) is 10.1. The second-order valence-corrected chi connectivity index (χ2v) is 37.0. The number of benzene rings is 1. The van der Waals surface area contributed by atoms with Crippen LogP contribution >= 0.6 is 7.26 Å². The number of alkyl halides is 3. The van der Waals surface area contributed by atoms with E-state index < -0.39 is 47.1 Å². The number of rotatable bonds is 6. The highest BCUT2D eigenvalue weighted by Gasteiger charge is 2.75. The molecule has 3 nitrogen and oxygen atoms in total. The van der Waals surface area contributed by atoms with Crippen molar-refractivity contribution in [2.45, 2.75) is 90.1 Å². The van der Waals surface area contributed by atoms with Gasteiger partial charge < -0.3 is 4.55 Å². The Balaban J connectivity index is 0.000000658. The number of allylic oxidation sites excluding steroid dienone is 1. The standard InChI is InChI=1S/C23H44PSi3.CHF3O3S/c1-23(2,3)21-20(19-16-14-13-15-17-19)24(21,18-25(4,5)6)22(26(7,8)9)27(10,11)12;2-1(3,4)8(5,6)7/h13-17,22H,18H2,1-12H3;(H,5,6,7)/q+1;/p-1. The van der Waals surface area contributed by atoms with Crippen LogP contribution in [-0.4, -0.2) is 53.4 Å². The fraction of sp³-hybridized carbons (Fsp3) is 0.667. The van der Waals surface area contributed by atoms with Gasteiger partial charge in [-0.2, -0.15) is 13.2 Å². The summed E-state index contributed by atoms with van der Waals surface area (Å²) in [4.78, 5) is 1.01. The Morgan fingerprint density at radius 1 is 0.857 bits per heavy atom. The van der Waals surface area contributed by atoms with Gasteiger partial charge in [-0.25, -0.2) is 8.42 Å². The third-order valence-electron chi connectivity index (χ3n) is 5.82. The Morgan fingerprint density at radius 2 is 1.23 bits per heavy atom. The Labute approximate surface area is 215 Å². The topological polar surface area (TPSA) is 57.2 Å². The minimum absolute atomic E-state index is 0.302. The lowest BCUT2D eigenvalue weighted by molar-refractivity contribution is -0.0517. The lowest BCUT2D eigenvalue weighted by atomic mass is 9.95. The maximum atomic E-state index is 10.7. The third-order valence-corrected chi connectivity index (χ3v) is 31.6. The maximum Gasteiger partial charge on any atom is 0.485 e. The predicted molar refractivity (Wildman–Crippen MR) is 154 cm³/mol. The van der Waals surface area contributed by atoms with E-state index in [2.05, 4.69) is 110 Å². The average Bonchev–Trinajstić information content (AvgIpc) is 3.17. The highest BCUT2D eigenvalue weighted by atomic mass is 32.2. The van der Waals surface area contributed by atoms with E-state index in [-0.39, 0.29) is 0 Å². The predicted octanol–water partition coefficient (Wildman–Crippen LogP) is 8.48. The molecule has 0 aliphatic carbocycles. The number of hydrogen-bond acceptors (Lipinski definition) is 3. The van der Waals surface area contributed by atoms with Crippen LogP contribution in [0.1, 0.15) is 26.3 Å². The summed E-state index contributed by atoms with van der Waals surface area (Å²) in [5.41, 5.74) is -3.79. The van der Waals surface area contributed by atoms with Gasteiger partial charge in [-0.05, 0) is 0 Å². The molecule has 0 aromatic heterocycles. The molecule has 0 saturated heterocycles. The van der Waals surface area contributed by atoms with Gasteiger partial charge in [-0.3, -0.25) is 0 Å². The molecule has 0 bridgehead atoms. The largest absolute Gasteiger partial charge is 0.741 e. The highest BCUT2D eigenvalue weighted by molar-refractivity contribution is 8.02. The quantitative estimate of drug-likeness (QED) is 0.146. The molecule has 1 aliphatic rings. The molecule has 1 heterocycles. The molecule has 1 aromatic rings. The summed E-state index contributed by atoms with van der Waals surface area (Å²) in [6.45, 7) is 31.3. The molecule has 2 rings (SSSR count). The fourth-order valence-corrected chi connectivity index (χ4v) is 42.0. The molecule has 35 heavy (non-hydrogen) atoms. The first kappa shape index (κ1) is 32.8. The van der Waals surface area contributed by atoms with Crippen molar-refractivity contribution in [2.75, 3.05) is 5.79 Å². The van der Waals surface area contributed by atoms with Gasteiger partial charge in [0.05, 0.1) is 42.2 Å². The van der Waals surface area contributed by atoms with Gasteiger partial charge in [0.1, 0.15) is 10.6 Å². The van der Waals surface area contributed by atoms with Crippen molar-refractivity contribution < 1.29 is 26.1 Å². The first-order valence-corrected chi connectivity index (χ1v) is 26.2. The normalized spacial score (nSPS) is 20.0. The summed E-state index contributed by atoms with van der Waals surface area (Å²) in [6, 6.07) is 11.5. The molecular formula is C24H44F3O3PSSi3. The van der Waals surface area contributed by atoms with Gasteiger partial charge in [0.15, 0.2) is 10.1 Å². The summed E-state index contributed by atoms with van der Waals surface area (Å²) in [6.07, 6.45) is 0. The highest BCUT2D eigenvalue weighted by Crippen LogP contribution is 2.96. The van der Waals surface area contributed by atoms with E-state index in [9.17, 15) is 13.2 Å². The molecule has 202 valence electrons. The van der Waals surface area contributed by atoms with Gasteiger partial charge in [0, 0.05) is 11.0 Å². The molecule has 11 heteroatoms. The van der Waals surface area contributed by atoms with Gasteiger partial charge in [-0.1, -0.05) is 110 Å².